The van der Waals surface area contributed by atoms with Gasteiger partial charge in [-0.15, -0.1) is 0 Å². The van der Waals surface area contributed by atoms with Gasteiger partial charge in [0.25, 0.3) is 0 Å². The SMILES string of the molecule is N#Cc1ccccc1NC(=O)CCCN. The quantitative estimate of drug-likeness (QED) is 0.772. The van der Waals surface area contributed by atoms with Crippen molar-refractivity contribution in [2.75, 3.05) is 11.9 Å². The Morgan fingerprint density at radius 3 is 2.87 bits per heavy atom. The van der Waals surface area contributed by atoms with E-state index in [9.17, 15) is 4.79 Å². The van der Waals surface area contributed by atoms with Crippen LogP contribution in [0.5, 0.6) is 0 Å². The Kier molecular flexibility index (Phi) is 4.32. The van der Waals surface area contributed by atoms with Crippen LogP contribution in [0.15, 0.2) is 24.3 Å². The van der Waals surface area contributed by atoms with Gasteiger partial charge in [0.15, 0.2) is 0 Å². The predicted octanol–water partition coefficient (Wildman–Crippen LogP) is 1.24. The van der Waals surface area contributed by atoms with Crippen molar-refractivity contribution in [3.63, 3.8) is 0 Å². The maximum atomic E-state index is 11.4. The van der Waals surface area contributed by atoms with Crippen LogP contribution in [-0.2, 0) is 4.79 Å². The lowest BCUT2D eigenvalue weighted by molar-refractivity contribution is -0.116. The molecule has 0 atom stereocenters. The molecule has 0 saturated heterocycles. The number of amides is 1. The first-order valence-electron chi connectivity index (χ1n) is 4.77. The molecular formula is C11H13N3O. The molecule has 0 aromatic heterocycles. The van der Waals surface area contributed by atoms with E-state index in [-0.39, 0.29) is 5.91 Å². The van der Waals surface area contributed by atoms with Crippen molar-refractivity contribution in [1.29, 1.82) is 5.26 Å². The van der Waals surface area contributed by atoms with Gasteiger partial charge in [-0.05, 0) is 25.1 Å². The highest BCUT2D eigenvalue weighted by atomic mass is 16.1. The molecule has 0 radical (unpaired) electrons. The first-order chi connectivity index (χ1) is 7.27. The van der Waals surface area contributed by atoms with Crippen molar-refractivity contribution in [3.05, 3.63) is 29.8 Å². The Morgan fingerprint density at radius 1 is 1.47 bits per heavy atom. The summed E-state index contributed by atoms with van der Waals surface area (Å²) in [5, 5.41) is 11.5. The topological polar surface area (TPSA) is 78.9 Å². The summed E-state index contributed by atoms with van der Waals surface area (Å²) < 4.78 is 0. The average Bonchev–Trinajstić information content (AvgIpc) is 2.27. The highest BCUT2D eigenvalue weighted by molar-refractivity contribution is 5.92. The van der Waals surface area contributed by atoms with Crippen LogP contribution < -0.4 is 11.1 Å². The summed E-state index contributed by atoms with van der Waals surface area (Å²) in [4.78, 5) is 11.4. The number of anilines is 1. The number of nitrogens with one attached hydrogen (secondary N) is 1. The minimum Gasteiger partial charge on any atom is -0.330 e. The second-order valence-electron chi connectivity index (χ2n) is 3.10. The second-order valence-corrected chi connectivity index (χ2v) is 3.10. The molecule has 1 aromatic rings. The summed E-state index contributed by atoms with van der Waals surface area (Å²) in [5.41, 5.74) is 6.32. The molecule has 1 amide bonds. The standard InChI is InChI=1S/C11H13N3O/c12-7-3-6-11(15)14-10-5-2-1-4-9(10)8-13/h1-2,4-5H,3,6-7,12H2,(H,14,15). The number of rotatable bonds is 4. The van der Waals surface area contributed by atoms with Crippen LogP contribution in [0.1, 0.15) is 18.4 Å². The van der Waals surface area contributed by atoms with E-state index in [2.05, 4.69) is 5.32 Å². The molecular weight excluding hydrogens is 190 g/mol. The van der Waals surface area contributed by atoms with E-state index in [1.807, 2.05) is 6.07 Å². The van der Waals surface area contributed by atoms with E-state index in [1.165, 1.54) is 0 Å². The molecule has 0 saturated carbocycles. The van der Waals surface area contributed by atoms with E-state index in [0.29, 0.717) is 30.6 Å². The molecule has 0 bridgehead atoms. The summed E-state index contributed by atoms with van der Waals surface area (Å²) in [6, 6.07) is 8.93. The van der Waals surface area contributed by atoms with Crippen LogP contribution in [0, 0.1) is 11.3 Å². The van der Waals surface area contributed by atoms with Crippen molar-refractivity contribution in [2.24, 2.45) is 5.73 Å². The Morgan fingerprint density at radius 2 is 2.20 bits per heavy atom. The molecule has 15 heavy (non-hydrogen) atoms. The number of para-hydroxylation sites is 1. The maximum Gasteiger partial charge on any atom is 0.224 e. The van der Waals surface area contributed by atoms with Crippen molar-refractivity contribution >= 4 is 11.6 Å². The van der Waals surface area contributed by atoms with Crippen molar-refractivity contribution in [3.8, 4) is 6.07 Å². The molecule has 0 aliphatic carbocycles. The van der Waals surface area contributed by atoms with Gasteiger partial charge >= 0.3 is 0 Å². The highest BCUT2D eigenvalue weighted by Crippen LogP contribution is 2.13. The largest absolute Gasteiger partial charge is 0.330 e. The number of nitrogens with zero attached hydrogens (tertiary/aromatic N) is 1. The van der Waals surface area contributed by atoms with Gasteiger partial charge in [0, 0.05) is 6.42 Å². The molecule has 0 unspecified atom stereocenters. The Labute approximate surface area is 88.7 Å². The van der Waals surface area contributed by atoms with Gasteiger partial charge in [-0.3, -0.25) is 4.79 Å². The van der Waals surface area contributed by atoms with Gasteiger partial charge in [-0.25, -0.2) is 0 Å². The molecule has 4 heteroatoms. The zero-order chi connectivity index (χ0) is 11.1. The van der Waals surface area contributed by atoms with Crippen LogP contribution >= 0.6 is 0 Å². The van der Waals surface area contributed by atoms with E-state index in [1.54, 1.807) is 24.3 Å². The van der Waals surface area contributed by atoms with Crippen molar-refractivity contribution in [2.45, 2.75) is 12.8 Å². The fourth-order valence-electron chi connectivity index (χ4n) is 1.16. The van der Waals surface area contributed by atoms with Gasteiger partial charge in [-0.1, -0.05) is 12.1 Å². The molecule has 1 aromatic carbocycles. The predicted molar refractivity (Wildman–Crippen MR) is 58.1 cm³/mol. The fraction of sp³-hybridized carbons (Fsp3) is 0.273. The first-order valence-corrected chi connectivity index (χ1v) is 4.77. The Balaban J connectivity index is 2.64. The van der Waals surface area contributed by atoms with Gasteiger partial charge in [-0.2, -0.15) is 5.26 Å². The molecule has 1 rings (SSSR count). The highest BCUT2D eigenvalue weighted by Gasteiger charge is 2.04. The maximum absolute atomic E-state index is 11.4. The van der Waals surface area contributed by atoms with Crippen LogP contribution in [0.4, 0.5) is 5.69 Å². The van der Waals surface area contributed by atoms with Gasteiger partial charge < -0.3 is 11.1 Å². The third kappa shape index (κ3) is 3.41. The number of carbonyl (C=O) groups excluding carboxylic acids is 1. The third-order valence-electron chi connectivity index (χ3n) is 1.93. The summed E-state index contributed by atoms with van der Waals surface area (Å²) >= 11 is 0. The molecule has 0 fully saturated rings. The van der Waals surface area contributed by atoms with E-state index in [4.69, 9.17) is 11.0 Å². The summed E-state index contributed by atoms with van der Waals surface area (Å²) in [7, 11) is 0. The zero-order valence-electron chi connectivity index (χ0n) is 8.36. The van der Waals surface area contributed by atoms with Gasteiger partial charge in [0.1, 0.15) is 6.07 Å². The summed E-state index contributed by atoms with van der Waals surface area (Å²) in [5.74, 6) is -0.108. The van der Waals surface area contributed by atoms with Crippen molar-refractivity contribution in [1.82, 2.24) is 0 Å². The third-order valence-corrected chi connectivity index (χ3v) is 1.93. The molecule has 0 heterocycles. The average molecular weight is 203 g/mol. The minimum atomic E-state index is -0.108. The number of carbonyl (C=O) groups is 1. The Hall–Kier alpha value is -1.86. The fourth-order valence-corrected chi connectivity index (χ4v) is 1.16. The number of nitriles is 1. The number of nitrogens with two attached hydrogens (primary N) is 1. The molecule has 4 nitrogen and oxygen atoms in total. The van der Waals surface area contributed by atoms with E-state index < -0.39 is 0 Å². The lowest BCUT2D eigenvalue weighted by Crippen LogP contribution is -2.14. The van der Waals surface area contributed by atoms with E-state index in [0.717, 1.165) is 0 Å². The number of hydrogen-bond acceptors (Lipinski definition) is 3. The molecule has 0 aliphatic rings. The van der Waals surface area contributed by atoms with Crippen LogP contribution in [0.3, 0.4) is 0 Å². The number of hydrogen-bond donors (Lipinski definition) is 2. The smallest absolute Gasteiger partial charge is 0.224 e. The molecule has 3 N–H and O–H groups in total. The van der Waals surface area contributed by atoms with Crippen LogP contribution in [0.2, 0.25) is 0 Å². The summed E-state index contributed by atoms with van der Waals surface area (Å²) in [6.07, 6.45) is 1.04. The lowest BCUT2D eigenvalue weighted by Gasteiger charge is -2.05. The minimum absolute atomic E-state index is 0.108. The zero-order valence-corrected chi connectivity index (χ0v) is 8.36. The summed E-state index contributed by atoms with van der Waals surface area (Å²) in [6.45, 7) is 0.493. The normalized spacial score (nSPS) is 9.33. The number of benzene rings is 1. The van der Waals surface area contributed by atoms with Gasteiger partial charge in [0.05, 0.1) is 11.3 Å². The lowest BCUT2D eigenvalue weighted by atomic mass is 10.2. The second kappa shape index (κ2) is 5.78. The van der Waals surface area contributed by atoms with Gasteiger partial charge in [0.2, 0.25) is 5.91 Å². The van der Waals surface area contributed by atoms with Crippen LogP contribution in [0.25, 0.3) is 0 Å². The Bertz CT molecular complexity index is 382. The van der Waals surface area contributed by atoms with E-state index >= 15 is 0 Å². The molecule has 78 valence electrons. The first kappa shape index (κ1) is 11.2. The molecule has 0 spiro atoms. The monoisotopic (exact) mass is 203 g/mol. The molecule has 0 aliphatic heterocycles. The van der Waals surface area contributed by atoms with Crippen molar-refractivity contribution < 1.29 is 4.79 Å². The van der Waals surface area contributed by atoms with Crippen LogP contribution in [-0.4, -0.2) is 12.5 Å².